The van der Waals surface area contributed by atoms with Crippen LogP contribution in [0.2, 0.25) is 0 Å². The zero-order chi connectivity index (χ0) is 12.8. The highest BCUT2D eigenvalue weighted by Crippen LogP contribution is 2.27. The topological polar surface area (TPSA) is 9.23 Å². The van der Waals surface area contributed by atoms with E-state index in [0.717, 1.165) is 5.75 Å². The molecule has 0 aliphatic carbocycles. The first-order valence-electron chi connectivity index (χ1n) is 5.78. The van der Waals surface area contributed by atoms with Crippen molar-refractivity contribution in [1.82, 2.24) is 0 Å². The molecule has 0 unspecified atom stereocenters. The second kappa shape index (κ2) is 6.31. The molecule has 2 aromatic rings. The summed E-state index contributed by atoms with van der Waals surface area (Å²) < 4.78 is 5.19. The Hall–Kier alpha value is -1.67. The van der Waals surface area contributed by atoms with Gasteiger partial charge in [-0.2, -0.15) is 0 Å². The monoisotopic (exact) mass is 256 g/mol. The number of rotatable bonds is 4. The first-order chi connectivity index (χ1) is 8.85. The van der Waals surface area contributed by atoms with E-state index in [0.29, 0.717) is 0 Å². The van der Waals surface area contributed by atoms with Gasteiger partial charge >= 0.3 is 0 Å². The fraction of sp³-hybridized carbons (Fsp3) is 0.125. The third-order valence-electron chi connectivity index (χ3n) is 2.72. The Morgan fingerprint density at radius 3 is 2.11 bits per heavy atom. The van der Waals surface area contributed by atoms with Gasteiger partial charge in [0.25, 0.3) is 0 Å². The zero-order valence-corrected chi connectivity index (χ0v) is 11.4. The summed E-state index contributed by atoms with van der Waals surface area (Å²) in [6, 6.07) is 18.6. The van der Waals surface area contributed by atoms with Gasteiger partial charge in [-0.3, -0.25) is 0 Å². The summed E-state index contributed by atoms with van der Waals surface area (Å²) in [5.41, 5.74) is 3.68. The van der Waals surface area contributed by atoms with Crippen molar-refractivity contribution in [3.63, 3.8) is 0 Å². The summed E-state index contributed by atoms with van der Waals surface area (Å²) in [4.78, 5) is 0. The zero-order valence-electron chi connectivity index (χ0n) is 10.6. The summed E-state index contributed by atoms with van der Waals surface area (Å²) in [5.74, 6) is 0.885. The van der Waals surface area contributed by atoms with Gasteiger partial charge in [-0.15, -0.1) is 11.8 Å². The van der Waals surface area contributed by atoms with Crippen LogP contribution in [0.3, 0.4) is 0 Å². The summed E-state index contributed by atoms with van der Waals surface area (Å²) in [6.07, 6.45) is 2.08. The van der Waals surface area contributed by atoms with Gasteiger partial charge in [-0.1, -0.05) is 42.5 Å². The van der Waals surface area contributed by atoms with E-state index in [9.17, 15) is 0 Å². The molecule has 92 valence electrons. The molecular formula is C16H16OS. The molecule has 1 nitrogen and oxygen atoms in total. The van der Waals surface area contributed by atoms with E-state index in [2.05, 4.69) is 48.1 Å². The average molecular weight is 256 g/mol. The fourth-order valence-electron chi connectivity index (χ4n) is 1.81. The largest absolute Gasteiger partial charge is 0.497 e. The molecule has 18 heavy (non-hydrogen) atoms. The van der Waals surface area contributed by atoms with Crippen LogP contribution >= 0.6 is 11.8 Å². The van der Waals surface area contributed by atoms with E-state index in [1.807, 2.05) is 18.2 Å². The van der Waals surface area contributed by atoms with Gasteiger partial charge in [0.2, 0.25) is 0 Å². The Labute approximate surface area is 112 Å². The van der Waals surface area contributed by atoms with Crippen LogP contribution in [0.15, 0.2) is 60.0 Å². The third kappa shape index (κ3) is 2.96. The van der Waals surface area contributed by atoms with E-state index in [1.54, 1.807) is 18.9 Å². The quantitative estimate of drug-likeness (QED) is 0.799. The minimum Gasteiger partial charge on any atom is -0.497 e. The smallest absolute Gasteiger partial charge is 0.118 e. The predicted molar refractivity (Wildman–Crippen MR) is 80.0 cm³/mol. The van der Waals surface area contributed by atoms with Crippen LogP contribution in [0, 0.1) is 0 Å². The number of benzene rings is 2. The van der Waals surface area contributed by atoms with Crippen molar-refractivity contribution in [3.05, 3.63) is 71.1 Å². The van der Waals surface area contributed by atoms with E-state index in [1.165, 1.54) is 16.7 Å². The van der Waals surface area contributed by atoms with Crippen LogP contribution in [0.25, 0.3) is 5.57 Å². The molecule has 0 atom stereocenters. The second-order valence-electron chi connectivity index (χ2n) is 3.86. The van der Waals surface area contributed by atoms with Crippen molar-refractivity contribution in [2.24, 2.45) is 0 Å². The van der Waals surface area contributed by atoms with E-state index in [-0.39, 0.29) is 0 Å². The molecule has 2 aromatic carbocycles. The Kier molecular flexibility index (Phi) is 4.48. The maximum absolute atomic E-state index is 5.19. The highest BCUT2D eigenvalue weighted by molar-refractivity contribution is 8.01. The number of ether oxygens (including phenoxy) is 1. The maximum Gasteiger partial charge on any atom is 0.118 e. The van der Waals surface area contributed by atoms with Gasteiger partial charge in [0, 0.05) is 0 Å². The Morgan fingerprint density at radius 2 is 1.56 bits per heavy atom. The van der Waals surface area contributed by atoms with Crippen LogP contribution < -0.4 is 4.74 Å². The molecule has 0 N–H and O–H groups in total. The number of hydrogen-bond donors (Lipinski definition) is 0. The summed E-state index contributed by atoms with van der Waals surface area (Å²) in [6.45, 7) is 0. The molecule has 0 radical (unpaired) electrons. The van der Waals surface area contributed by atoms with Crippen molar-refractivity contribution in [2.75, 3.05) is 13.4 Å². The lowest BCUT2D eigenvalue weighted by Crippen LogP contribution is -1.88. The maximum atomic E-state index is 5.19. The molecular weight excluding hydrogens is 240 g/mol. The lowest BCUT2D eigenvalue weighted by Gasteiger charge is -2.09. The lowest BCUT2D eigenvalue weighted by molar-refractivity contribution is 0.415. The Morgan fingerprint density at radius 1 is 0.944 bits per heavy atom. The van der Waals surface area contributed by atoms with Gasteiger partial charge in [0.1, 0.15) is 5.75 Å². The fourth-order valence-corrected chi connectivity index (χ4v) is 2.32. The van der Waals surface area contributed by atoms with Gasteiger partial charge < -0.3 is 4.74 Å². The predicted octanol–water partition coefficient (Wildman–Crippen LogP) is 4.45. The molecule has 0 aromatic heterocycles. The van der Waals surface area contributed by atoms with Crippen molar-refractivity contribution < 1.29 is 4.74 Å². The van der Waals surface area contributed by atoms with E-state index >= 15 is 0 Å². The molecule has 0 saturated carbocycles. The van der Waals surface area contributed by atoms with Gasteiger partial charge in [-0.25, -0.2) is 0 Å². The van der Waals surface area contributed by atoms with Gasteiger partial charge in [-0.05, 0) is 40.5 Å². The molecule has 0 aliphatic heterocycles. The minimum absolute atomic E-state index is 0.885. The third-order valence-corrected chi connectivity index (χ3v) is 3.19. The lowest BCUT2D eigenvalue weighted by atomic mass is 10.00. The molecule has 2 heteroatoms. The SMILES string of the molecule is COc1ccc(/C(=C/SC)c2ccccc2)cc1. The Balaban J connectivity index is 2.39. The molecule has 0 spiro atoms. The average Bonchev–Trinajstić information content (AvgIpc) is 2.46. The van der Waals surface area contributed by atoms with Crippen molar-refractivity contribution >= 4 is 17.3 Å². The molecule has 0 fully saturated rings. The highest BCUT2D eigenvalue weighted by atomic mass is 32.2. The van der Waals surface area contributed by atoms with Gasteiger partial charge in [0.05, 0.1) is 7.11 Å². The number of methoxy groups -OCH3 is 1. The second-order valence-corrected chi connectivity index (χ2v) is 4.57. The first-order valence-corrected chi connectivity index (χ1v) is 7.06. The van der Waals surface area contributed by atoms with Crippen molar-refractivity contribution in [1.29, 1.82) is 0 Å². The summed E-state index contributed by atoms with van der Waals surface area (Å²) in [7, 11) is 1.69. The molecule has 0 heterocycles. The van der Waals surface area contributed by atoms with Crippen LogP contribution in [0.4, 0.5) is 0 Å². The molecule has 2 rings (SSSR count). The molecule has 0 bridgehead atoms. The summed E-state index contributed by atoms with van der Waals surface area (Å²) in [5, 5.41) is 2.18. The van der Waals surface area contributed by atoms with Crippen molar-refractivity contribution in [2.45, 2.75) is 0 Å². The highest BCUT2D eigenvalue weighted by Gasteiger charge is 2.04. The summed E-state index contributed by atoms with van der Waals surface area (Å²) >= 11 is 1.72. The number of hydrogen-bond acceptors (Lipinski definition) is 2. The Bertz CT molecular complexity index is 515. The molecule has 0 amide bonds. The van der Waals surface area contributed by atoms with Gasteiger partial charge in [0.15, 0.2) is 0 Å². The number of thioether (sulfide) groups is 1. The normalized spacial score (nSPS) is 11.3. The standard InChI is InChI=1S/C16H16OS/c1-17-15-10-8-14(9-11-15)16(12-18-2)13-6-4-3-5-7-13/h3-12H,1-2H3/b16-12+. The van der Waals surface area contributed by atoms with Crippen molar-refractivity contribution in [3.8, 4) is 5.75 Å². The first kappa shape index (κ1) is 12.8. The molecule has 0 saturated heterocycles. The van der Waals surface area contributed by atoms with Crippen LogP contribution in [-0.4, -0.2) is 13.4 Å². The van der Waals surface area contributed by atoms with E-state index in [4.69, 9.17) is 4.74 Å². The van der Waals surface area contributed by atoms with E-state index < -0.39 is 0 Å². The molecule has 0 aliphatic rings. The minimum atomic E-state index is 0.885. The van der Waals surface area contributed by atoms with Crippen LogP contribution in [0.5, 0.6) is 5.75 Å². The van der Waals surface area contributed by atoms with Crippen LogP contribution in [0.1, 0.15) is 11.1 Å². The van der Waals surface area contributed by atoms with Crippen LogP contribution in [-0.2, 0) is 0 Å².